The van der Waals surface area contributed by atoms with Crippen molar-refractivity contribution in [2.24, 2.45) is 0 Å². The van der Waals surface area contributed by atoms with Crippen molar-refractivity contribution in [2.75, 3.05) is 5.32 Å². The fraction of sp³-hybridized carbons (Fsp3) is 0. The second-order valence-electron chi connectivity index (χ2n) is 6.29. The van der Waals surface area contributed by atoms with Crippen LogP contribution in [-0.2, 0) is 0 Å². The molecule has 0 unspecified atom stereocenters. The highest BCUT2D eigenvalue weighted by atomic mass is 16.3. The van der Waals surface area contributed by atoms with E-state index in [1.165, 1.54) is 32.7 Å². The fourth-order valence-electron chi connectivity index (χ4n) is 3.99. The summed E-state index contributed by atoms with van der Waals surface area (Å²) in [4.78, 5) is 0. The molecule has 1 aliphatic rings. The Balaban J connectivity index is 1.89. The van der Waals surface area contributed by atoms with Crippen LogP contribution in [0.25, 0.3) is 43.8 Å². The summed E-state index contributed by atoms with van der Waals surface area (Å²) >= 11 is 0. The van der Waals surface area contributed by atoms with Gasteiger partial charge in [0.1, 0.15) is 11.2 Å². The summed E-state index contributed by atoms with van der Waals surface area (Å²) in [6, 6.07) is 25.4. The van der Waals surface area contributed by atoms with Crippen LogP contribution >= 0.6 is 0 Å². The molecule has 6 rings (SSSR count). The van der Waals surface area contributed by atoms with Gasteiger partial charge in [-0.15, -0.1) is 0 Å². The molecule has 0 bridgehead atoms. The van der Waals surface area contributed by atoms with Gasteiger partial charge in [-0.3, -0.25) is 0 Å². The molecule has 4 aromatic carbocycles. The van der Waals surface area contributed by atoms with E-state index < -0.39 is 0 Å². The first-order chi connectivity index (χ1) is 11.9. The van der Waals surface area contributed by atoms with Crippen LogP contribution < -0.4 is 5.32 Å². The Morgan fingerprint density at radius 1 is 0.583 bits per heavy atom. The molecular formula is C22H13NO. The molecule has 0 saturated carbocycles. The SMILES string of the molecule is c1ccc2c(c1)Nc1cc3oc4ccccc4c3c3cccc-2c13. The average Bonchev–Trinajstić information content (AvgIpc) is 3.00. The second-order valence-corrected chi connectivity index (χ2v) is 6.29. The molecule has 1 aliphatic heterocycles. The molecule has 0 atom stereocenters. The van der Waals surface area contributed by atoms with Gasteiger partial charge < -0.3 is 9.73 Å². The predicted molar refractivity (Wildman–Crippen MR) is 99.9 cm³/mol. The van der Waals surface area contributed by atoms with Crippen molar-refractivity contribution < 1.29 is 4.42 Å². The molecule has 2 heteroatoms. The van der Waals surface area contributed by atoms with Crippen LogP contribution in [0.5, 0.6) is 0 Å². The van der Waals surface area contributed by atoms with Gasteiger partial charge in [-0.25, -0.2) is 0 Å². The van der Waals surface area contributed by atoms with Crippen LogP contribution in [-0.4, -0.2) is 0 Å². The number of fused-ring (bicyclic) bond motifs is 6. The fourth-order valence-corrected chi connectivity index (χ4v) is 3.99. The van der Waals surface area contributed by atoms with Gasteiger partial charge in [0.15, 0.2) is 0 Å². The lowest BCUT2D eigenvalue weighted by Crippen LogP contribution is -2.00. The smallest absolute Gasteiger partial charge is 0.138 e. The van der Waals surface area contributed by atoms with Gasteiger partial charge in [0, 0.05) is 33.5 Å². The van der Waals surface area contributed by atoms with Crippen molar-refractivity contribution in [1.29, 1.82) is 0 Å². The van der Waals surface area contributed by atoms with Crippen LogP contribution in [0.15, 0.2) is 77.2 Å². The predicted octanol–water partition coefficient (Wildman–Crippen LogP) is 6.46. The quantitative estimate of drug-likeness (QED) is 0.348. The molecule has 0 fully saturated rings. The third-order valence-electron chi connectivity index (χ3n) is 4.99. The maximum Gasteiger partial charge on any atom is 0.138 e. The van der Waals surface area contributed by atoms with Crippen LogP contribution in [0.3, 0.4) is 0 Å². The Hall–Kier alpha value is -3.26. The molecule has 24 heavy (non-hydrogen) atoms. The molecular weight excluding hydrogens is 294 g/mol. The van der Waals surface area contributed by atoms with Gasteiger partial charge >= 0.3 is 0 Å². The van der Waals surface area contributed by atoms with Crippen molar-refractivity contribution in [2.45, 2.75) is 0 Å². The standard InChI is InChI=1S/C22H13NO/c1-3-10-17-13(6-1)14-8-5-9-16-21(14)18(23-17)12-20-22(16)15-7-2-4-11-19(15)24-20/h1-12,23H. The van der Waals surface area contributed by atoms with E-state index in [9.17, 15) is 0 Å². The van der Waals surface area contributed by atoms with E-state index in [1.54, 1.807) is 0 Å². The van der Waals surface area contributed by atoms with E-state index in [0.717, 1.165) is 22.5 Å². The molecule has 0 aliphatic carbocycles. The third kappa shape index (κ3) is 1.41. The highest BCUT2D eigenvalue weighted by Gasteiger charge is 2.21. The minimum atomic E-state index is 0.933. The number of anilines is 2. The number of hydrogen-bond acceptors (Lipinski definition) is 2. The highest BCUT2D eigenvalue weighted by molar-refractivity contribution is 6.26. The van der Waals surface area contributed by atoms with E-state index >= 15 is 0 Å². The lowest BCUT2D eigenvalue weighted by molar-refractivity contribution is 0.669. The molecule has 0 spiro atoms. The van der Waals surface area contributed by atoms with Gasteiger partial charge in [-0.05, 0) is 23.1 Å². The number of benzene rings is 4. The maximum absolute atomic E-state index is 6.11. The molecule has 0 amide bonds. The Bertz CT molecular complexity index is 1280. The average molecular weight is 307 g/mol. The van der Waals surface area contributed by atoms with E-state index in [4.69, 9.17) is 4.42 Å². The first kappa shape index (κ1) is 12.2. The van der Waals surface area contributed by atoms with Crippen molar-refractivity contribution in [1.82, 2.24) is 0 Å². The zero-order valence-electron chi connectivity index (χ0n) is 12.8. The Morgan fingerprint density at radius 2 is 1.38 bits per heavy atom. The summed E-state index contributed by atoms with van der Waals surface area (Å²) in [6.45, 7) is 0. The number of para-hydroxylation sites is 2. The molecule has 112 valence electrons. The molecule has 5 aromatic rings. The van der Waals surface area contributed by atoms with Crippen molar-refractivity contribution in [3.05, 3.63) is 72.8 Å². The van der Waals surface area contributed by atoms with Gasteiger partial charge in [0.25, 0.3) is 0 Å². The van der Waals surface area contributed by atoms with Crippen molar-refractivity contribution in [3.8, 4) is 11.1 Å². The zero-order valence-corrected chi connectivity index (χ0v) is 12.8. The number of furan rings is 1. The van der Waals surface area contributed by atoms with Crippen molar-refractivity contribution in [3.63, 3.8) is 0 Å². The van der Waals surface area contributed by atoms with Crippen molar-refractivity contribution >= 4 is 44.1 Å². The van der Waals surface area contributed by atoms with Gasteiger partial charge in [0.2, 0.25) is 0 Å². The van der Waals surface area contributed by atoms with Gasteiger partial charge in [0.05, 0.1) is 5.69 Å². The first-order valence-corrected chi connectivity index (χ1v) is 8.13. The summed E-state index contributed by atoms with van der Waals surface area (Å²) in [6.07, 6.45) is 0. The maximum atomic E-state index is 6.11. The molecule has 2 nitrogen and oxygen atoms in total. The zero-order chi connectivity index (χ0) is 15.7. The minimum Gasteiger partial charge on any atom is -0.456 e. The van der Waals surface area contributed by atoms with Crippen LogP contribution in [0.2, 0.25) is 0 Å². The Labute approximate surface area is 138 Å². The molecule has 0 radical (unpaired) electrons. The number of hydrogen-bond donors (Lipinski definition) is 1. The minimum absolute atomic E-state index is 0.933. The third-order valence-corrected chi connectivity index (χ3v) is 4.99. The topological polar surface area (TPSA) is 25.2 Å². The lowest BCUT2D eigenvalue weighted by atomic mass is 9.91. The highest BCUT2D eigenvalue weighted by Crippen LogP contribution is 2.47. The second kappa shape index (κ2) is 4.18. The van der Waals surface area contributed by atoms with Gasteiger partial charge in [-0.2, -0.15) is 0 Å². The first-order valence-electron chi connectivity index (χ1n) is 8.13. The van der Waals surface area contributed by atoms with Crippen LogP contribution in [0, 0.1) is 0 Å². The Morgan fingerprint density at radius 3 is 2.38 bits per heavy atom. The largest absolute Gasteiger partial charge is 0.456 e. The summed E-state index contributed by atoms with van der Waals surface area (Å²) in [7, 11) is 0. The normalized spacial score (nSPS) is 12.5. The van der Waals surface area contributed by atoms with E-state index in [-0.39, 0.29) is 0 Å². The van der Waals surface area contributed by atoms with Crippen LogP contribution in [0.4, 0.5) is 11.4 Å². The lowest BCUT2D eigenvalue weighted by Gasteiger charge is -2.22. The summed E-state index contributed by atoms with van der Waals surface area (Å²) in [5.41, 5.74) is 6.67. The van der Waals surface area contributed by atoms with E-state index in [1.807, 2.05) is 12.1 Å². The Kier molecular flexibility index (Phi) is 2.12. The molecule has 1 aromatic heterocycles. The monoisotopic (exact) mass is 307 g/mol. The summed E-state index contributed by atoms with van der Waals surface area (Å²) in [5.74, 6) is 0. The molecule has 0 saturated heterocycles. The van der Waals surface area contributed by atoms with Crippen LogP contribution in [0.1, 0.15) is 0 Å². The molecule has 2 heterocycles. The number of rotatable bonds is 0. The molecule has 1 N–H and O–H groups in total. The number of nitrogens with one attached hydrogen (secondary N) is 1. The van der Waals surface area contributed by atoms with E-state index in [2.05, 4.69) is 66.0 Å². The van der Waals surface area contributed by atoms with E-state index in [0.29, 0.717) is 0 Å². The summed E-state index contributed by atoms with van der Waals surface area (Å²) in [5, 5.41) is 8.47. The summed E-state index contributed by atoms with van der Waals surface area (Å²) < 4.78 is 6.11. The van der Waals surface area contributed by atoms with Gasteiger partial charge in [-0.1, -0.05) is 54.6 Å².